The van der Waals surface area contributed by atoms with Crippen LogP contribution < -0.4 is 0 Å². The number of hydrogen-bond donors (Lipinski definition) is 0. The molecule has 0 aromatic heterocycles. The highest BCUT2D eigenvalue weighted by molar-refractivity contribution is 5.94. The number of carbonyl (C=O) groups excluding carboxylic acids is 1. The normalized spacial score (nSPS) is 14.1. The van der Waals surface area contributed by atoms with Crippen LogP contribution in [0.4, 0.5) is 13.2 Å². The molecule has 0 fully saturated rings. The molecule has 0 aromatic carbocycles. The standard InChI is InChI=1S/C9H13F3O2/c1-8(2,3)7(14-4)5-6(13)9(10,11)12/h5H,1-4H3/b7-5+. The van der Waals surface area contributed by atoms with E-state index in [9.17, 15) is 18.0 Å². The van der Waals surface area contributed by atoms with Gasteiger partial charge in [0.05, 0.1) is 7.11 Å². The lowest BCUT2D eigenvalue weighted by Gasteiger charge is -2.21. The lowest BCUT2D eigenvalue weighted by atomic mass is 9.93. The van der Waals surface area contributed by atoms with Crippen LogP contribution in [0.2, 0.25) is 0 Å². The fourth-order valence-corrected chi connectivity index (χ4v) is 0.783. The largest absolute Gasteiger partial charge is 0.500 e. The number of alkyl halides is 3. The number of carbonyl (C=O) groups is 1. The number of methoxy groups -OCH3 is 1. The highest BCUT2D eigenvalue weighted by Crippen LogP contribution is 2.27. The summed E-state index contributed by atoms with van der Waals surface area (Å²) < 4.78 is 40.4. The third-order valence-corrected chi connectivity index (χ3v) is 1.50. The minimum absolute atomic E-state index is 0.0137. The Morgan fingerprint density at radius 3 is 1.86 bits per heavy atom. The van der Waals surface area contributed by atoms with Gasteiger partial charge in [-0.2, -0.15) is 13.2 Å². The van der Waals surface area contributed by atoms with Gasteiger partial charge >= 0.3 is 6.18 Å². The average Bonchev–Trinajstić information content (AvgIpc) is 1.95. The van der Waals surface area contributed by atoms with Crippen molar-refractivity contribution in [3.05, 3.63) is 11.8 Å². The zero-order chi connectivity index (χ0) is 11.6. The molecule has 0 saturated heterocycles. The fraction of sp³-hybridized carbons (Fsp3) is 0.667. The number of ether oxygens (including phenoxy) is 1. The highest BCUT2D eigenvalue weighted by Gasteiger charge is 2.37. The van der Waals surface area contributed by atoms with Crippen molar-refractivity contribution in [3.8, 4) is 0 Å². The van der Waals surface area contributed by atoms with Gasteiger partial charge < -0.3 is 4.74 Å². The number of allylic oxidation sites excluding steroid dienone is 2. The van der Waals surface area contributed by atoms with Crippen molar-refractivity contribution in [2.24, 2.45) is 5.41 Å². The molecule has 0 saturated carbocycles. The molecule has 0 spiro atoms. The zero-order valence-electron chi connectivity index (χ0n) is 8.53. The Labute approximate surface area is 80.7 Å². The molecule has 5 heteroatoms. The summed E-state index contributed by atoms with van der Waals surface area (Å²) in [6, 6.07) is 0. The van der Waals surface area contributed by atoms with Crippen molar-refractivity contribution in [1.29, 1.82) is 0 Å². The summed E-state index contributed by atoms with van der Waals surface area (Å²) in [4.78, 5) is 10.6. The van der Waals surface area contributed by atoms with Gasteiger partial charge in [0.1, 0.15) is 5.76 Å². The molecule has 14 heavy (non-hydrogen) atoms. The minimum Gasteiger partial charge on any atom is -0.500 e. The Bertz CT molecular complexity index is 246. The van der Waals surface area contributed by atoms with Gasteiger partial charge in [0, 0.05) is 11.5 Å². The van der Waals surface area contributed by atoms with E-state index in [-0.39, 0.29) is 5.76 Å². The van der Waals surface area contributed by atoms with Crippen molar-refractivity contribution >= 4 is 5.78 Å². The number of halogens is 3. The molecule has 0 N–H and O–H groups in total. The Kier molecular flexibility index (Phi) is 3.73. The van der Waals surface area contributed by atoms with Crippen LogP contribution in [0.3, 0.4) is 0 Å². The molecule has 82 valence electrons. The number of ketones is 1. The lowest BCUT2D eigenvalue weighted by Crippen LogP contribution is -2.23. The molecular formula is C9H13F3O2. The molecule has 0 amide bonds. The second kappa shape index (κ2) is 4.02. The maximum Gasteiger partial charge on any atom is 0.454 e. The van der Waals surface area contributed by atoms with Gasteiger partial charge in [-0.3, -0.25) is 4.79 Å². The molecule has 0 aromatic rings. The molecule has 0 radical (unpaired) electrons. The molecule has 0 aliphatic rings. The van der Waals surface area contributed by atoms with Crippen LogP contribution in [-0.4, -0.2) is 19.1 Å². The van der Waals surface area contributed by atoms with Crippen LogP contribution in [0.25, 0.3) is 0 Å². The van der Waals surface area contributed by atoms with Crippen molar-refractivity contribution in [1.82, 2.24) is 0 Å². The highest BCUT2D eigenvalue weighted by atomic mass is 19.4. The van der Waals surface area contributed by atoms with E-state index in [0.29, 0.717) is 6.08 Å². The van der Waals surface area contributed by atoms with E-state index >= 15 is 0 Å². The van der Waals surface area contributed by atoms with Crippen LogP contribution >= 0.6 is 0 Å². The molecule has 2 nitrogen and oxygen atoms in total. The molecule has 0 atom stereocenters. The Morgan fingerprint density at radius 2 is 1.64 bits per heavy atom. The van der Waals surface area contributed by atoms with E-state index in [0.717, 1.165) is 0 Å². The zero-order valence-corrected chi connectivity index (χ0v) is 8.53. The van der Waals surface area contributed by atoms with Crippen LogP contribution in [-0.2, 0) is 9.53 Å². The summed E-state index contributed by atoms with van der Waals surface area (Å²) in [5.41, 5.74) is -0.615. The van der Waals surface area contributed by atoms with Crippen molar-refractivity contribution < 1.29 is 22.7 Å². The fourth-order valence-electron chi connectivity index (χ4n) is 0.783. The monoisotopic (exact) mass is 210 g/mol. The first-order valence-electron chi connectivity index (χ1n) is 3.96. The molecule has 0 heterocycles. The van der Waals surface area contributed by atoms with E-state index in [4.69, 9.17) is 4.74 Å². The maximum absolute atomic E-state index is 11.9. The summed E-state index contributed by atoms with van der Waals surface area (Å²) >= 11 is 0. The Hall–Kier alpha value is -1.00. The van der Waals surface area contributed by atoms with E-state index in [2.05, 4.69) is 0 Å². The summed E-state index contributed by atoms with van der Waals surface area (Å²) in [6.45, 7) is 4.98. The smallest absolute Gasteiger partial charge is 0.454 e. The molecule has 0 unspecified atom stereocenters. The van der Waals surface area contributed by atoms with Crippen LogP contribution in [0.5, 0.6) is 0 Å². The average molecular weight is 210 g/mol. The third kappa shape index (κ3) is 3.81. The second-order valence-corrected chi connectivity index (χ2v) is 3.82. The van der Waals surface area contributed by atoms with E-state index in [1.54, 1.807) is 20.8 Å². The van der Waals surface area contributed by atoms with Crippen LogP contribution in [0.15, 0.2) is 11.8 Å². The van der Waals surface area contributed by atoms with Crippen LogP contribution in [0.1, 0.15) is 20.8 Å². The third-order valence-electron chi connectivity index (χ3n) is 1.50. The van der Waals surface area contributed by atoms with E-state index in [1.165, 1.54) is 7.11 Å². The number of rotatable bonds is 2. The van der Waals surface area contributed by atoms with Gasteiger partial charge in [0.25, 0.3) is 5.78 Å². The van der Waals surface area contributed by atoms with Gasteiger partial charge in [-0.05, 0) is 0 Å². The molecule has 0 rings (SSSR count). The van der Waals surface area contributed by atoms with Gasteiger partial charge in [0.15, 0.2) is 0 Å². The van der Waals surface area contributed by atoms with Gasteiger partial charge in [0.2, 0.25) is 0 Å². The van der Waals surface area contributed by atoms with Gasteiger partial charge in [-0.15, -0.1) is 0 Å². The lowest BCUT2D eigenvalue weighted by molar-refractivity contribution is -0.165. The predicted molar refractivity (Wildman–Crippen MR) is 45.6 cm³/mol. The molecule has 0 aliphatic carbocycles. The molecule has 0 aliphatic heterocycles. The second-order valence-electron chi connectivity index (χ2n) is 3.82. The van der Waals surface area contributed by atoms with E-state index in [1.807, 2.05) is 0 Å². The topological polar surface area (TPSA) is 26.3 Å². The van der Waals surface area contributed by atoms with Crippen LogP contribution in [0, 0.1) is 5.41 Å². The van der Waals surface area contributed by atoms with Gasteiger partial charge in [-0.25, -0.2) is 0 Å². The van der Waals surface area contributed by atoms with Crippen molar-refractivity contribution in [3.63, 3.8) is 0 Å². The first-order chi connectivity index (χ1) is 6.09. The predicted octanol–water partition coefficient (Wildman–Crippen LogP) is 2.69. The summed E-state index contributed by atoms with van der Waals surface area (Å²) in [5, 5.41) is 0. The van der Waals surface area contributed by atoms with Crippen molar-refractivity contribution in [2.45, 2.75) is 26.9 Å². The summed E-state index contributed by atoms with van der Waals surface area (Å²) in [5.74, 6) is -1.89. The first-order valence-corrected chi connectivity index (χ1v) is 3.96. The molecular weight excluding hydrogens is 197 g/mol. The summed E-state index contributed by atoms with van der Waals surface area (Å²) in [6.07, 6.45) is -4.35. The number of hydrogen-bond acceptors (Lipinski definition) is 2. The summed E-state index contributed by atoms with van der Waals surface area (Å²) in [7, 11) is 1.24. The maximum atomic E-state index is 11.9. The first kappa shape index (κ1) is 13.0. The molecule has 0 bridgehead atoms. The van der Waals surface area contributed by atoms with Crippen molar-refractivity contribution in [2.75, 3.05) is 7.11 Å². The Morgan fingerprint density at radius 1 is 1.21 bits per heavy atom. The Balaban J connectivity index is 4.89. The SMILES string of the molecule is CO/C(=C/C(=O)C(F)(F)F)C(C)(C)C. The van der Waals surface area contributed by atoms with Gasteiger partial charge in [-0.1, -0.05) is 20.8 Å². The quantitative estimate of drug-likeness (QED) is 0.517. The van der Waals surface area contributed by atoms with E-state index < -0.39 is 17.4 Å². The minimum atomic E-state index is -4.84.